The Kier molecular flexibility index (Phi) is 45.0. The van der Waals surface area contributed by atoms with Crippen molar-refractivity contribution in [3.05, 3.63) is 25.3 Å². The van der Waals surface area contributed by atoms with Gasteiger partial charge in [-0.25, -0.2) is 0 Å². The molecule has 196 valence electrons. The van der Waals surface area contributed by atoms with Crippen LogP contribution < -0.4 is 0 Å². The minimum absolute atomic E-state index is 0.217. The largest absolute Gasteiger partial charge is 0.394 e. The van der Waals surface area contributed by atoms with Crippen LogP contribution in [0.2, 0.25) is 0 Å². The zero-order chi connectivity index (χ0) is 25.5. The Hall–Kier alpha value is -0.840. The predicted octanol–water partition coefficient (Wildman–Crippen LogP) is 2.32. The summed E-state index contributed by atoms with van der Waals surface area (Å²) in [5.41, 5.74) is 0. The van der Waals surface area contributed by atoms with Crippen molar-refractivity contribution in [1.82, 2.24) is 0 Å². The molecule has 0 aromatic heterocycles. The molecule has 0 saturated heterocycles. The molecule has 0 heterocycles. The maximum atomic E-state index is 9.04. The van der Waals surface area contributed by atoms with Gasteiger partial charge in [0.25, 0.3) is 0 Å². The molecule has 5 N–H and O–H groups in total. The molecule has 0 saturated carbocycles. The van der Waals surface area contributed by atoms with Crippen LogP contribution in [0.15, 0.2) is 25.3 Å². The molecule has 8 heteroatoms. The van der Waals surface area contributed by atoms with E-state index in [1.165, 1.54) is 19.3 Å². The highest BCUT2D eigenvalue weighted by Crippen LogP contribution is 2.12. The summed E-state index contributed by atoms with van der Waals surface area (Å²) in [5, 5.41) is 41.6. The Morgan fingerprint density at radius 2 is 1.22 bits per heavy atom. The number of aliphatic hydroxyl groups excluding tert-OH is 5. The third kappa shape index (κ3) is 43.1. The van der Waals surface area contributed by atoms with Gasteiger partial charge in [0.15, 0.2) is 0 Å². The van der Waals surface area contributed by atoms with Crippen molar-refractivity contribution in [3.63, 3.8) is 0 Å². The first-order valence-corrected chi connectivity index (χ1v) is 11.5. The quantitative estimate of drug-likeness (QED) is 0.162. The molecule has 0 radical (unpaired) electrons. The van der Waals surface area contributed by atoms with E-state index in [0.717, 1.165) is 19.6 Å². The zero-order valence-electron chi connectivity index (χ0n) is 21.0. The van der Waals surface area contributed by atoms with E-state index >= 15 is 0 Å². The average Bonchev–Trinajstić information content (AvgIpc) is 2.82. The third-order valence-electron chi connectivity index (χ3n) is 3.72. The van der Waals surface area contributed by atoms with Crippen LogP contribution in [-0.4, -0.2) is 97.2 Å². The summed E-state index contributed by atoms with van der Waals surface area (Å²) in [6, 6.07) is 0. The smallest absolute Gasteiger partial charge is 0.100 e. The Balaban J connectivity index is -0.000000182. The minimum atomic E-state index is -0.954. The Morgan fingerprint density at radius 3 is 1.50 bits per heavy atom. The average molecular weight is 469 g/mol. The van der Waals surface area contributed by atoms with Crippen molar-refractivity contribution in [2.75, 3.05) is 59.5 Å². The molecule has 0 spiro atoms. The topological polar surface area (TPSA) is 129 Å². The van der Waals surface area contributed by atoms with Gasteiger partial charge in [-0.15, -0.1) is 13.2 Å². The summed E-state index contributed by atoms with van der Waals surface area (Å²) in [5.74, 6) is 0.598. The van der Waals surface area contributed by atoms with E-state index in [9.17, 15) is 0 Å². The van der Waals surface area contributed by atoms with Crippen LogP contribution in [0, 0.1) is 5.92 Å². The van der Waals surface area contributed by atoms with Gasteiger partial charge < -0.3 is 39.7 Å². The normalized spacial score (nSPS) is 11.7. The lowest BCUT2D eigenvalue weighted by Crippen LogP contribution is -2.21. The number of hydrogen-bond donors (Lipinski definition) is 5. The highest BCUT2D eigenvalue weighted by Gasteiger charge is 2.07. The second kappa shape index (κ2) is 37.5. The molecule has 0 fully saturated rings. The summed E-state index contributed by atoms with van der Waals surface area (Å²) in [6.07, 6.45) is 6.52. The maximum absolute atomic E-state index is 9.04. The molecular weight excluding hydrogens is 416 g/mol. The van der Waals surface area contributed by atoms with E-state index in [1.807, 2.05) is 13.8 Å². The molecule has 0 aromatic rings. The second-order valence-corrected chi connectivity index (χ2v) is 6.71. The Bertz CT molecular complexity index is 315. The van der Waals surface area contributed by atoms with Crippen molar-refractivity contribution >= 4 is 0 Å². The van der Waals surface area contributed by atoms with E-state index in [-0.39, 0.29) is 26.4 Å². The van der Waals surface area contributed by atoms with Crippen LogP contribution in [0.5, 0.6) is 0 Å². The van der Waals surface area contributed by atoms with Gasteiger partial charge in [-0.05, 0) is 26.2 Å². The molecule has 32 heavy (non-hydrogen) atoms. The number of aliphatic hydroxyl groups is 5. The second-order valence-electron chi connectivity index (χ2n) is 6.71. The summed E-state index contributed by atoms with van der Waals surface area (Å²) >= 11 is 0. The van der Waals surface area contributed by atoms with E-state index in [1.54, 1.807) is 12.2 Å². The third-order valence-corrected chi connectivity index (χ3v) is 3.72. The van der Waals surface area contributed by atoms with Crippen molar-refractivity contribution in [2.45, 2.75) is 65.6 Å². The molecule has 0 bridgehead atoms. The number of hydrogen-bond acceptors (Lipinski definition) is 8. The number of rotatable bonds is 17. The lowest BCUT2D eigenvalue weighted by atomic mass is 10.0. The summed E-state index contributed by atoms with van der Waals surface area (Å²) < 4.78 is 15.1. The number of ether oxygens (including phenoxy) is 3. The summed E-state index contributed by atoms with van der Waals surface area (Å²) in [6.45, 7) is 18.2. The highest BCUT2D eigenvalue weighted by atomic mass is 16.5. The van der Waals surface area contributed by atoms with E-state index < -0.39 is 12.2 Å². The molecular formula is C24H52O8. The van der Waals surface area contributed by atoms with Crippen LogP contribution in [-0.2, 0) is 14.2 Å². The maximum Gasteiger partial charge on any atom is 0.100 e. The number of unbranched alkanes of at least 4 members (excludes halogenated alkanes) is 1. The zero-order valence-corrected chi connectivity index (χ0v) is 21.0. The standard InChI is InChI=1S/C11H24O3.C6H10O.C4H10O.C3H8O3/c1-3-5-6-10(4-2)8-14-9-11(13)7-12;1-3-5-7-6-4-2;1-3-5-4-2;4-1-3(6)2-5/h10-13H,3-9H2,1-2H3;3-4H,1-2,5-6H2;3-4H2,1-2H3;3-6H,1-2H2. The molecule has 8 nitrogen and oxygen atoms in total. The van der Waals surface area contributed by atoms with E-state index in [0.29, 0.717) is 25.7 Å². The molecule has 0 aliphatic carbocycles. The van der Waals surface area contributed by atoms with Crippen molar-refractivity contribution in [3.8, 4) is 0 Å². The van der Waals surface area contributed by atoms with E-state index in [2.05, 4.69) is 27.0 Å². The van der Waals surface area contributed by atoms with Gasteiger partial charge in [-0.1, -0.05) is 45.3 Å². The monoisotopic (exact) mass is 468 g/mol. The molecule has 2 atom stereocenters. The van der Waals surface area contributed by atoms with Gasteiger partial charge in [0.2, 0.25) is 0 Å². The molecule has 0 aliphatic rings. The first-order chi connectivity index (χ1) is 15.4. The van der Waals surface area contributed by atoms with Crippen LogP contribution in [0.25, 0.3) is 0 Å². The highest BCUT2D eigenvalue weighted by molar-refractivity contribution is 4.68. The minimum Gasteiger partial charge on any atom is -0.394 e. The van der Waals surface area contributed by atoms with Crippen LogP contribution in [0.3, 0.4) is 0 Å². The van der Waals surface area contributed by atoms with Gasteiger partial charge in [-0.3, -0.25) is 0 Å². The Morgan fingerprint density at radius 1 is 0.719 bits per heavy atom. The molecule has 2 unspecified atom stereocenters. The summed E-state index contributed by atoms with van der Waals surface area (Å²) in [4.78, 5) is 0. The molecule has 0 rings (SSSR count). The summed E-state index contributed by atoms with van der Waals surface area (Å²) in [7, 11) is 0. The molecule has 0 aliphatic heterocycles. The van der Waals surface area contributed by atoms with Gasteiger partial charge in [0, 0.05) is 19.8 Å². The van der Waals surface area contributed by atoms with Crippen LogP contribution >= 0.6 is 0 Å². The van der Waals surface area contributed by atoms with E-state index in [4.69, 9.17) is 39.7 Å². The molecule has 0 aromatic carbocycles. The van der Waals surface area contributed by atoms with Gasteiger partial charge in [-0.2, -0.15) is 0 Å². The van der Waals surface area contributed by atoms with Crippen molar-refractivity contribution in [1.29, 1.82) is 0 Å². The first-order valence-electron chi connectivity index (χ1n) is 11.5. The van der Waals surface area contributed by atoms with Crippen molar-refractivity contribution in [2.24, 2.45) is 5.92 Å². The van der Waals surface area contributed by atoms with Gasteiger partial charge >= 0.3 is 0 Å². The fourth-order valence-electron chi connectivity index (χ4n) is 1.82. The fraction of sp³-hybridized carbons (Fsp3) is 0.833. The van der Waals surface area contributed by atoms with Crippen molar-refractivity contribution < 1.29 is 39.7 Å². The molecule has 0 amide bonds. The van der Waals surface area contributed by atoms with Gasteiger partial charge in [0.1, 0.15) is 12.2 Å². The van der Waals surface area contributed by atoms with Crippen LogP contribution in [0.4, 0.5) is 0 Å². The lowest BCUT2D eigenvalue weighted by molar-refractivity contribution is -0.00599. The SMILES string of the molecule is C=CCOCC=C.CCCCC(CC)COCC(O)CO.CCOCC.OCC(O)CO. The predicted molar refractivity (Wildman–Crippen MR) is 131 cm³/mol. The Labute approximate surface area is 196 Å². The van der Waals surface area contributed by atoms with Crippen LogP contribution in [0.1, 0.15) is 53.4 Å². The first kappa shape index (κ1) is 38.4. The lowest BCUT2D eigenvalue weighted by Gasteiger charge is -2.15. The van der Waals surface area contributed by atoms with Gasteiger partial charge in [0.05, 0.1) is 39.6 Å². The fourth-order valence-corrected chi connectivity index (χ4v) is 1.82.